The predicted octanol–water partition coefficient (Wildman–Crippen LogP) is -9.12. The molecule has 358 valence electrons. The zero-order valence-corrected chi connectivity index (χ0v) is 34.7. The number of carboxylic acids is 1. The van der Waals surface area contributed by atoms with Crippen LogP contribution < -0.4 is 26.5 Å². The molecule has 0 spiro atoms. The number of nitrogens with one attached hydrogen (secondary N) is 3. The van der Waals surface area contributed by atoms with Crippen LogP contribution in [0.15, 0.2) is 18.2 Å². The molecule has 0 aromatic heterocycles. The maximum atomic E-state index is 13.6. The molecule has 26 nitrogen and oxygen atoms in total. The lowest BCUT2D eigenvalue weighted by Crippen LogP contribution is -2.71. The second kappa shape index (κ2) is 21.0. The van der Waals surface area contributed by atoms with Gasteiger partial charge >= 0.3 is 7.12 Å². The number of hydrogen-bond acceptors (Lipinski definition) is 23. The summed E-state index contributed by atoms with van der Waals surface area (Å²) >= 11 is 0. The Morgan fingerprint density at radius 1 is 0.719 bits per heavy atom. The zero-order valence-electron chi connectivity index (χ0n) is 34.7. The summed E-state index contributed by atoms with van der Waals surface area (Å²) in [5.41, 5.74) is 1.22. The quantitative estimate of drug-likeness (QED) is 0.0771. The fourth-order valence-corrected chi connectivity index (χ4v) is 8.30. The van der Waals surface area contributed by atoms with Gasteiger partial charge in [-0.3, -0.25) is 14.4 Å². The molecule has 6 rings (SSSR count). The summed E-state index contributed by atoms with van der Waals surface area (Å²) in [6.45, 7) is 2.06. The van der Waals surface area contributed by atoms with E-state index < -0.39 is 167 Å². The Kier molecular flexibility index (Phi) is 16.3. The van der Waals surface area contributed by atoms with Crippen molar-refractivity contribution < 1.29 is 113 Å². The van der Waals surface area contributed by atoms with Gasteiger partial charge in [0.1, 0.15) is 85.4 Å². The largest absolute Gasteiger partial charge is 0.547 e. The molecular formula is C37H53BN3O23-. The van der Waals surface area contributed by atoms with Gasteiger partial charge in [0.05, 0.1) is 37.9 Å². The Bertz CT molecular complexity index is 1820. The van der Waals surface area contributed by atoms with Crippen LogP contribution >= 0.6 is 0 Å². The summed E-state index contributed by atoms with van der Waals surface area (Å²) in [6, 6.07) is 1.62. The molecule has 5 aliphatic rings. The van der Waals surface area contributed by atoms with Crippen molar-refractivity contribution in [2.75, 3.05) is 25.6 Å². The number of rotatable bonds is 14. The van der Waals surface area contributed by atoms with E-state index in [9.17, 15) is 70.2 Å². The number of carboxylic acid groups (broad SMARTS) is 1. The third-order valence-electron chi connectivity index (χ3n) is 11.5. The lowest BCUT2D eigenvalue weighted by Gasteiger charge is -2.50. The molecular weight excluding hydrogens is 865 g/mol. The highest BCUT2D eigenvalue weighted by Gasteiger charge is 2.57. The number of carbonyl (C=O) groups is 4. The number of fused-ring (bicyclic) bond motifs is 1. The van der Waals surface area contributed by atoms with Gasteiger partial charge in [0.25, 0.3) is 5.91 Å². The first kappa shape index (κ1) is 49.9. The van der Waals surface area contributed by atoms with Crippen molar-refractivity contribution in [1.82, 2.24) is 10.6 Å². The minimum Gasteiger partial charge on any atom is -0.547 e. The SMILES string of the molecule is CO[C@H]1C(O)C(O)[C@H](O[C@@H]2C(NC(C)=O)[C@H](O[C@H]3C(O)C(O)[C@H](O[C@@H]4C(NC(C)=O)[C@H](C)OC(CO)[C@H]4O)O[C@H]3C(=O)[O-])OC(CO)[C@H]2O)O[C@H]1C(=O)Nc1ccc2c(c1)B(O)OC2. The first-order chi connectivity index (χ1) is 30.3. The van der Waals surface area contributed by atoms with E-state index in [-0.39, 0.29) is 12.3 Å². The van der Waals surface area contributed by atoms with Crippen LogP contribution in [0.25, 0.3) is 0 Å². The highest BCUT2D eigenvalue weighted by molar-refractivity contribution is 6.61. The van der Waals surface area contributed by atoms with E-state index in [1.165, 1.54) is 19.1 Å². The van der Waals surface area contributed by atoms with Gasteiger partial charge in [-0.1, -0.05) is 6.07 Å². The number of aliphatic carboxylic acids is 1. The summed E-state index contributed by atoms with van der Waals surface area (Å²) in [5.74, 6) is -4.43. The van der Waals surface area contributed by atoms with Gasteiger partial charge in [-0.2, -0.15) is 0 Å². The Morgan fingerprint density at radius 3 is 1.81 bits per heavy atom. The van der Waals surface area contributed by atoms with Crippen LogP contribution in [0.2, 0.25) is 0 Å². The first-order valence-corrected chi connectivity index (χ1v) is 20.2. The second-order valence-corrected chi connectivity index (χ2v) is 15.9. The maximum Gasteiger partial charge on any atom is 0.491 e. The van der Waals surface area contributed by atoms with Gasteiger partial charge in [0.2, 0.25) is 11.8 Å². The third kappa shape index (κ3) is 10.4. The summed E-state index contributed by atoms with van der Waals surface area (Å²) in [4.78, 5) is 50.9. The number of hydrogen-bond donors (Lipinski definition) is 12. The van der Waals surface area contributed by atoms with Gasteiger partial charge in [-0.25, -0.2) is 0 Å². The summed E-state index contributed by atoms with van der Waals surface area (Å²) in [5, 5.41) is 118. The molecule has 5 heterocycles. The minimum atomic E-state index is -2.35. The maximum absolute atomic E-state index is 13.6. The molecule has 1 aromatic carbocycles. The van der Waals surface area contributed by atoms with Crippen molar-refractivity contribution in [3.8, 4) is 0 Å². The van der Waals surface area contributed by atoms with Crippen LogP contribution in [0.5, 0.6) is 0 Å². The molecule has 12 N–H and O–H groups in total. The zero-order chi connectivity index (χ0) is 46.9. The highest BCUT2D eigenvalue weighted by Crippen LogP contribution is 2.35. The van der Waals surface area contributed by atoms with Gasteiger partial charge < -0.3 is 114 Å². The summed E-state index contributed by atoms with van der Waals surface area (Å²) < 4.78 is 50.7. The topological polar surface area (TPSA) is 393 Å². The monoisotopic (exact) mass is 918 g/mol. The van der Waals surface area contributed by atoms with Gasteiger partial charge in [-0.15, -0.1) is 0 Å². The summed E-state index contributed by atoms with van der Waals surface area (Å²) in [6.07, 6.45) is -33.3. The number of carbonyl (C=O) groups excluding carboxylic acids is 4. The first-order valence-electron chi connectivity index (χ1n) is 20.2. The van der Waals surface area contributed by atoms with Crippen LogP contribution in [0.3, 0.4) is 0 Å². The van der Waals surface area contributed by atoms with Gasteiger partial charge in [-0.05, 0) is 30.1 Å². The Balaban J connectivity index is 1.23. The van der Waals surface area contributed by atoms with E-state index >= 15 is 0 Å². The lowest BCUT2D eigenvalue weighted by atomic mass is 9.79. The molecule has 4 saturated heterocycles. The average molecular weight is 919 g/mol. The lowest BCUT2D eigenvalue weighted by molar-refractivity contribution is -0.382. The number of ether oxygens (including phenoxy) is 8. The molecule has 64 heavy (non-hydrogen) atoms. The molecule has 0 bridgehead atoms. The van der Waals surface area contributed by atoms with E-state index in [2.05, 4.69) is 16.0 Å². The van der Waals surface area contributed by atoms with Crippen molar-refractivity contribution >= 4 is 42.0 Å². The summed E-state index contributed by atoms with van der Waals surface area (Å²) in [7, 11) is -0.128. The number of aliphatic hydroxyl groups is 8. The molecule has 0 saturated carbocycles. The second-order valence-electron chi connectivity index (χ2n) is 15.9. The number of amides is 3. The molecule has 4 fully saturated rings. The average Bonchev–Trinajstić information content (AvgIpc) is 3.61. The number of aliphatic hydroxyl groups excluding tert-OH is 8. The van der Waals surface area contributed by atoms with Crippen LogP contribution in [-0.2, 0) is 68.3 Å². The standard InChI is InChI=1S/C37H54BN3O23/c1-11-19(39-12(2)44)27(21(46)17(8-42)58-11)60-37-26(51)24(49)30(32(64-37)34(53)54)62-35-20(40-13(3)45)28(22(47)18(9-43)59-35)61-36-25(50)23(48)29(56-4)31(63-36)33(52)41-15-6-5-14-10-57-38(55)16(14)7-15/h5-7,11,17-32,35-37,42-43,46-51,55H,8-10H2,1-4H3,(H,39,44)(H,40,45)(H,41,52)(H,53,54)/p-1/t11-,17?,18?,19?,20?,21+,22+,23?,24?,25?,26?,27+,28+,29-,30-,31+,32+,35-,36+,37+/m0/s1. The Morgan fingerprint density at radius 2 is 1.25 bits per heavy atom. The van der Waals surface area contributed by atoms with E-state index in [0.717, 1.165) is 21.0 Å². The number of benzene rings is 1. The minimum absolute atomic E-state index is 0.132. The third-order valence-corrected chi connectivity index (χ3v) is 11.5. The van der Waals surface area contributed by atoms with Crippen molar-refractivity contribution in [1.29, 1.82) is 0 Å². The number of anilines is 1. The predicted molar refractivity (Wildman–Crippen MR) is 204 cm³/mol. The van der Waals surface area contributed by atoms with Crippen LogP contribution in [0, 0.1) is 0 Å². The van der Waals surface area contributed by atoms with Gasteiger partial charge in [0.15, 0.2) is 25.0 Å². The van der Waals surface area contributed by atoms with Gasteiger partial charge in [0, 0.05) is 26.6 Å². The molecule has 0 radical (unpaired) electrons. The van der Waals surface area contributed by atoms with Crippen LogP contribution in [0.1, 0.15) is 26.3 Å². The molecule has 1 aromatic rings. The van der Waals surface area contributed by atoms with Crippen molar-refractivity contribution in [3.63, 3.8) is 0 Å². The van der Waals surface area contributed by atoms with E-state index in [1.54, 1.807) is 6.07 Å². The van der Waals surface area contributed by atoms with Crippen LogP contribution in [-0.4, -0.2) is 220 Å². The molecule has 5 aliphatic heterocycles. The molecule has 3 amide bonds. The fourth-order valence-electron chi connectivity index (χ4n) is 8.30. The number of methoxy groups -OCH3 is 1. The normalized spacial score (nSPS) is 41.2. The van der Waals surface area contributed by atoms with E-state index in [4.69, 9.17) is 42.5 Å². The van der Waals surface area contributed by atoms with Crippen molar-refractivity contribution in [3.05, 3.63) is 23.8 Å². The van der Waals surface area contributed by atoms with Crippen LogP contribution in [0.4, 0.5) is 5.69 Å². The fraction of sp³-hybridized carbons (Fsp3) is 0.730. The molecule has 0 aliphatic carbocycles. The molecule has 27 heteroatoms. The van der Waals surface area contributed by atoms with E-state index in [0.29, 0.717) is 11.0 Å². The smallest absolute Gasteiger partial charge is 0.491 e. The van der Waals surface area contributed by atoms with Crippen molar-refractivity contribution in [2.24, 2.45) is 0 Å². The van der Waals surface area contributed by atoms with E-state index in [1.807, 2.05) is 0 Å². The molecule has 8 unspecified atom stereocenters. The highest BCUT2D eigenvalue weighted by atomic mass is 16.8. The Labute approximate surface area is 364 Å². The van der Waals surface area contributed by atoms with Crippen molar-refractivity contribution in [2.45, 2.75) is 150 Å². The Hall–Kier alpha value is -3.56. The molecule has 20 atom stereocenters.